The zero-order valence-electron chi connectivity index (χ0n) is 11.1. The monoisotopic (exact) mass is 243 g/mol. The van der Waals surface area contributed by atoms with Crippen LogP contribution in [0.25, 0.3) is 0 Å². The van der Waals surface area contributed by atoms with E-state index >= 15 is 0 Å². The van der Waals surface area contributed by atoms with Gasteiger partial charge in [-0.05, 0) is 33.1 Å². The molecule has 17 heavy (non-hydrogen) atoms. The number of carbonyl (C=O) groups excluding carboxylic acids is 2. The Morgan fingerprint density at radius 3 is 2.35 bits per heavy atom. The van der Waals surface area contributed by atoms with Crippen LogP contribution < -0.4 is 0 Å². The summed E-state index contributed by atoms with van der Waals surface area (Å²) in [4.78, 5) is 25.0. The lowest BCUT2D eigenvalue weighted by Crippen LogP contribution is -2.45. The Balaban J connectivity index is 2.76. The van der Waals surface area contributed by atoms with Gasteiger partial charge in [0.1, 0.15) is 11.6 Å². The fourth-order valence-electron chi connectivity index (χ4n) is 1.95. The lowest BCUT2D eigenvalue weighted by Gasteiger charge is -2.28. The molecule has 0 unspecified atom stereocenters. The minimum absolute atomic E-state index is 0.106. The number of esters is 1. The number of hydrogen-bond donors (Lipinski definition) is 0. The number of rotatable bonds is 1. The number of amides is 1. The first kappa shape index (κ1) is 13.8. The number of ether oxygens (including phenoxy) is 2. The van der Waals surface area contributed by atoms with Crippen molar-refractivity contribution in [2.75, 3.05) is 13.7 Å². The van der Waals surface area contributed by atoms with Gasteiger partial charge in [-0.1, -0.05) is 6.92 Å². The Kier molecular flexibility index (Phi) is 4.01. The van der Waals surface area contributed by atoms with Crippen molar-refractivity contribution < 1.29 is 19.1 Å². The standard InChI is InChI=1S/C12H21NO4/c1-8-6-7-13(9(8)10(14)16-5)11(15)17-12(2,3)4/h8-9H,6-7H2,1-5H3/t8-,9-/m1/s1. The van der Waals surface area contributed by atoms with E-state index < -0.39 is 17.7 Å². The predicted molar refractivity (Wildman–Crippen MR) is 62.5 cm³/mol. The summed E-state index contributed by atoms with van der Waals surface area (Å²) >= 11 is 0. The Hall–Kier alpha value is -1.26. The number of likely N-dealkylation sites (tertiary alicyclic amines) is 1. The van der Waals surface area contributed by atoms with E-state index in [2.05, 4.69) is 0 Å². The van der Waals surface area contributed by atoms with Crippen LogP contribution in [0.15, 0.2) is 0 Å². The van der Waals surface area contributed by atoms with E-state index in [4.69, 9.17) is 9.47 Å². The summed E-state index contributed by atoms with van der Waals surface area (Å²) in [6.45, 7) is 7.88. The molecule has 1 rings (SSSR count). The first-order valence-corrected chi connectivity index (χ1v) is 5.83. The van der Waals surface area contributed by atoms with Gasteiger partial charge in [-0.2, -0.15) is 0 Å². The third-order valence-corrected chi connectivity index (χ3v) is 2.77. The molecular weight excluding hydrogens is 222 g/mol. The third-order valence-electron chi connectivity index (χ3n) is 2.77. The topological polar surface area (TPSA) is 55.8 Å². The quantitative estimate of drug-likeness (QED) is 0.659. The van der Waals surface area contributed by atoms with Crippen LogP contribution in [0, 0.1) is 5.92 Å². The van der Waals surface area contributed by atoms with E-state index in [1.54, 1.807) is 20.8 Å². The second-order valence-corrected chi connectivity index (χ2v) is 5.41. The Morgan fingerprint density at radius 2 is 1.88 bits per heavy atom. The average molecular weight is 243 g/mol. The minimum atomic E-state index is -0.552. The van der Waals surface area contributed by atoms with E-state index in [1.165, 1.54) is 12.0 Å². The van der Waals surface area contributed by atoms with Crippen LogP contribution in [0.2, 0.25) is 0 Å². The Labute approximate surface area is 102 Å². The first-order chi connectivity index (χ1) is 7.76. The maximum atomic E-state index is 11.9. The summed E-state index contributed by atoms with van der Waals surface area (Å²) in [6, 6.07) is -0.519. The van der Waals surface area contributed by atoms with Crippen LogP contribution in [-0.4, -0.2) is 42.3 Å². The van der Waals surface area contributed by atoms with Crippen molar-refractivity contribution >= 4 is 12.1 Å². The molecule has 1 aliphatic rings. The average Bonchev–Trinajstić information content (AvgIpc) is 2.56. The fraction of sp³-hybridized carbons (Fsp3) is 0.833. The summed E-state index contributed by atoms with van der Waals surface area (Å²) < 4.78 is 10.0. The zero-order valence-corrected chi connectivity index (χ0v) is 11.1. The lowest BCUT2D eigenvalue weighted by atomic mass is 10.0. The molecule has 0 aromatic rings. The highest BCUT2D eigenvalue weighted by Gasteiger charge is 2.41. The van der Waals surface area contributed by atoms with Crippen molar-refractivity contribution in [2.45, 2.75) is 45.8 Å². The number of hydrogen-bond acceptors (Lipinski definition) is 4. The molecule has 0 radical (unpaired) electrons. The van der Waals surface area contributed by atoms with Crippen LogP contribution >= 0.6 is 0 Å². The second kappa shape index (κ2) is 4.94. The lowest BCUT2D eigenvalue weighted by molar-refractivity contribution is -0.146. The van der Waals surface area contributed by atoms with Gasteiger partial charge in [0.15, 0.2) is 0 Å². The molecule has 2 atom stereocenters. The summed E-state index contributed by atoms with van der Waals surface area (Å²) in [6.07, 6.45) is 0.344. The number of methoxy groups -OCH3 is 1. The van der Waals surface area contributed by atoms with E-state index in [9.17, 15) is 9.59 Å². The molecule has 0 N–H and O–H groups in total. The summed E-state index contributed by atoms with van der Waals surface area (Å²) in [5, 5.41) is 0. The fourth-order valence-corrected chi connectivity index (χ4v) is 1.95. The van der Waals surface area contributed by atoms with Gasteiger partial charge in [-0.25, -0.2) is 9.59 Å². The van der Waals surface area contributed by atoms with Gasteiger partial charge in [0, 0.05) is 6.54 Å². The number of nitrogens with zero attached hydrogens (tertiary/aromatic N) is 1. The largest absolute Gasteiger partial charge is 0.467 e. The van der Waals surface area contributed by atoms with Crippen molar-refractivity contribution in [3.63, 3.8) is 0 Å². The highest BCUT2D eigenvalue weighted by molar-refractivity contribution is 5.82. The molecule has 0 saturated carbocycles. The Morgan fingerprint density at radius 1 is 1.29 bits per heavy atom. The normalized spacial score (nSPS) is 24.6. The second-order valence-electron chi connectivity index (χ2n) is 5.41. The summed E-state index contributed by atoms with van der Waals surface area (Å²) in [5.41, 5.74) is -0.552. The molecule has 1 fully saturated rings. The van der Waals surface area contributed by atoms with E-state index in [1.807, 2.05) is 6.92 Å². The molecule has 5 nitrogen and oxygen atoms in total. The summed E-state index contributed by atoms with van der Waals surface area (Å²) in [7, 11) is 1.33. The highest BCUT2D eigenvalue weighted by atomic mass is 16.6. The van der Waals surface area contributed by atoms with Crippen LogP contribution in [-0.2, 0) is 14.3 Å². The molecule has 5 heteroatoms. The van der Waals surface area contributed by atoms with Crippen molar-refractivity contribution in [3.05, 3.63) is 0 Å². The predicted octanol–water partition coefficient (Wildman–Crippen LogP) is 1.80. The van der Waals surface area contributed by atoms with Crippen molar-refractivity contribution in [3.8, 4) is 0 Å². The van der Waals surface area contributed by atoms with Crippen molar-refractivity contribution in [1.82, 2.24) is 4.90 Å². The maximum absolute atomic E-state index is 11.9. The van der Waals surface area contributed by atoms with E-state index in [0.29, 0.717) is 6.54 Å². The molecule has 1 aliphatic heterocycles. The van der Waals surface area contributed by atoms with Crippen LogP contribution in [0.1, 0.15) is 34.1 Å². The molecule has 0 bridgehead atoms. The molecule has 0 aromatic carbocycles. The van der Waals surface area contributed by atoms with Gasteiger partial charge in [0.25, 0.3) is 0 Å². The van der Waals surface area contributed by atoms with Gasteiger partial charge in [-0.3, -0.25) is 4.90 Å². The van der Waals surface area contributed by atoms with Crippen molar-refractivity contribution in [1.29, 1.82) is 0 Å². The molecule has 1 saturated heterocycles. The molecule has 1 amide bonds. The molecule has 0 aliphatic carbocycles. The van der Waals surface area contributed by atoms with Crippen LogP contribution in [0.3, 0.4) is 0 Å². The molecule has 0 aromatic heterocycles. The summed E-state index contributed by atoms with van der Waals surface area (Å²) in [5.74, 6) is -0.268. The number of carbonyl (C=O) groups is 2. The molecule has 98 valence electrons. The molecule has 1 heterocycles. The van der Waals surface area contributed by atoms with Gasteiger partial charge in [0.2, 0.25) is 0 Å². The van der Waals surface area contributed by atoms with E-state index in [-0.39, 0.29) is 11.9 Å². The minimum Gasteiger partial charge on any atom is -0.467 e. The highest BCUT2D eigenvalue weighted by Crippen LogP contribution is 2.26. The van der Waals surface area contributed by atoms with Gasteiger partial charge >= 0.3 is 12.1 Å². The van der Waals surface area contributed by atoms with Crippen LogP contribution in [0.5, 0.6) is 0 Å². The van der Waals surface area contributed by atoms with Gasteiger partial charge in [-0.15, -0.1) is 0 Å². The Bertz CT molecular complexity index is 308. The van der Waals surface area contributed by atoms with Crippen molar-refractivity contribution in [2.24, 2.45) is 5.92 Å². The van der Waals surface area contributed by atoms with Gasteiger partial charge < -0.3 is 9.47 Å². The van der Waals surface area contributed by atoms with Crippen LogP contribution in [0.4, 0.5) is 4.79 Å². The van der Waals surface area contributed by atoms with E-state index in [0.717, 1.165) is 6.42 Å². The zero-order chi connectivity index (χ0) is 13.2. The maximum Gasteiger partial charge on any atom is 0.411 e. The third kappa shape index (κ3) is 3.35. The SMILES string of the molecule is COC(=O)[C@H]1[C@H](C)CCN1C(=O)OC(C)(C)C. The van der Waals surface area contributed by atoms with Gasteiger partial charge in [0.05, 0.1) is 7.11 Å². The molecule has 0 spiro atoms. The smallest absolute Gasteiger partial charge is 0.411 e. The molecular formula is C12H21NO4. The first-order valence-electron chi connectivity index (χ1n) is 5.83.